The third kappa shape index (κ3) is 2.14. The minimum Gasteiger partial charge on any atom is -0.383 e. The Morgan fingerprint density at radius 1 is 1.37 bits per heavy atom. The molecule has 2 saturated heterocycles. The van der Waals surface area contributed by atoms with Crippen LogP contribution in [0.4, 0.5) is 5.82 Å². The van der Waals surface area contributed by atoms with E-state index in [4.69, 9.17) is 5.73 Å². The number of rotatable bonds is 2. The van der Waals surface area contributed by atoms with Crippen molar-refractivity contribution in [1.29, 1.82) is 0 Å². The molecule has 3 rings (SSSR count). The van der Waals surface area contributed by atoms with Crippen molar-refractivity contribution in [3.8, 4) is 0 Å². The van der Waals surface area contributed by atoms with Crippen LogP contribution in [-0.2, 0) is 0 Å². The quantitative estimate of drug-likeness (QED) is 0.826. The zero-order valence-electron chi connectivity index (χ0n) is 11.6. The van der Waals surface area contributed by atoms with Crippen molar-refractivity contribution >= 4 is 11.6 Å². The smallest absolute Gasteiger partial charge is 0.169 e. The molecule has 4 heteroatoms. The number of Topliss-reactive ketones (excluding diaryl/α,β-unsaturated/α-hetero) is 1. The molecular formula is C15H21N3O. The normalized spacial score (nSPS) is 30.5. The number of piperidine rings is 1. The van der Waals surface area contributed by atoms with E-state index in [0.717, 1.165) is 18.4 Å². The Morgan fingerprint density at radius 2 is 2.00 bits per heavy atom. The van der Waals surface area contributed by atoms with Crippen molar-refractivity contribution in [2.24, 2.45) is 5.92 Å². The number of carbonyl (C=O) groups is 1. The van der Waals surface area contributed by atoms with E-state index < -0.39 is 0 Å². The number of hydrogen-bond acceptors (Lipinski definition) is 4. The van der Waals surface area contributed by atoms with Gasteiger partial charge in [0.05, 0.1) is 5.56 Å². The number of ketones is 1. The number of nitrogens with zero attached hydrogens (tertiary/aromatic N) is 2. The lowest BCUT2D eigenvalue weighted by Crippen LogP contribution is -2.42. The van der Waals surface area contributed by atoms with Gasteiger partial charge >= 0.3 is 0 Å². The van der Waals surface area contributed by atoms with Crippen LogP contribution in [0.2, 0.25) is 0 Å². The molecule has 0 aromatic carbocycles. The minimum atomic E-state index is 0.125. The maximum absolute atomic E-state index is 12.7. The third-order valence-corrected chi connectivity index (χ3v) is 4.79. The van der Waals surface area contributed by atoms with E-state index in [1.807, 2.05) is 13.0 Å². The van der Waals surface area contributed by atoms with E-state index >= 15 is 0 Å². The number of nitrogen functional groups attached to an aromatic ring is 1. The molecule has 2 aliphatic heterocycles. The van der Waals surface area contributed by atoms with Gasteiger partial charge in [-0.25, -0.2) is 4.98 Å². The second kappa shape index (κ2) is 4.60. The van der Waals surface area contributed by atoms with E-state index in [1.54, 1.807) is 6.20 Å². The highest BCUT2D eigenvalue weighted by molar-refractivity contribution is 6.01. The first-order valence-electron chi connectivity index (χ1n) is 7.04. The fourth-order valence-corrected chi connectivity index (χ4v) is 3.62. The Bertz CT molecular complexity index is 500. The Balaban J connectivity index is 1.83. The molecule has 2 atom stereocenters. The van der Waals surface area contributed by atoms with Crippen molar-refractivity contribution in [3.63, 3.8) is 0 Å². The molecule has 0 saturated carbocycles. The van der Waals surface area contributed by atoms with Gasteiger partial charge in [0, 0.05) is 24.2 Å². The summed E-state index contributed by atoms with van der Waals surface area (Å²) in [5, 5.41) is 0. The fourth-order valence-electron chi connectivity index (χ4n) is 3.62. The van der Waals surface area contributed by atoms with Crippen LogP contribution >= 0.6 is 0 Å². The predicted octanol–water partition coefficient (Wildman–Crippen LogP) is 2.03. The Hall–Kier alpha value is -1.42. The van der Waals surface area contributed by atoms with Crippen LogP contribution in [0.15, 0.2) is 12.3 Å². The van der Waals surface area contributed by atoms with Gasteiger partial charge in [0.25, 0.3) is 0 Å². The van der Waals surface area contributed by atoms with Gasteiger partial charge in [0.2, 0.25) is 0 Å². The molecule has 102 valence electrons. The van der Waals surface area contributed by atoms with Gasteiger partial charge < -0.3 is 10.6 Å². The predicted molar refractivity (Wildman–Crippen MR) is 75.0 cm³/mol. The molecule has 2 N–H and O–H groups in total. The van der Waals surface area contributed by atoms with Gasteiger partial charge in [-0.2, -0.15) is 0 Å². The van der Waals surface area contributed by atoms with Crippen molar-refractivity contribution < 1.29 is 4.79 Å². The molecule has 3 heterocycles. The largest absolute Gasteiger partial charge is 0.383 e. The van der Waals surface area contributed by atoms with Gasteiger partial charge in [-0.1, -0.05) is 0 Å². The van der Waals surface area contributed by atoms with Gasteiger partial charge in [-0.15, -0.1) is 0 Å². The van der Waals surface area contributed by atoms with E-state index in [9.17, 15) is 4.79 Å². The molecule has 0 spiro atoms. The number of aryl methyl sites for hydroxylation is 1. The third-order valence-electron chi connectivity index (χ3n) is 4.79. The molecule has 2 fully saturated rings. The molecule has 2 unspecified atom stereocenters. The molecule has 4 nitrogen and oxygen atoms in total. The van der Waals surface area contributed by atoms with E-state index in [-0.39, 0.29) is 11.7 Å². The van der Waals surface area contributed by atoms with Gasteiger partial charge in [0.1, 0.15) is 5.82 Å². The highest BCUT2D eigenvalue weighted by atomic mass is 16.1. The molecular weight excluding hydrogens is 238 g/mol. The molecule has 1 aromatic heterocycles. The Kier molecular flexibility index (Phi) is 3.05. The number of hydrogen-bond donors (Lipinski definition) is 1. The van der Waals surface area contributed by atoms with Crippen molar-refractivity contribution in [2.75, 3.05) is 12.8 Å². The lowest BCUT2D eigenvalue weighted by atomic mass is 9.85. The Labute approximate surface area is 114 Å². The van der Waals surface area contributed by atoms with Gasteiger partial charge in [-0.05, 0) is 51.3 Å². The average molecular weight is 259 g/mol. The van der Waals surface area contributed by atoms with Crippen LogP contribution in [0.3, 0.4) is 0 Å². The van der Waals surface area contributed by atoms with Gasteiger partial charge in [-0.3, -0.25) is 4.79 Å². The summed E-state index contributed by atoms with van der Waals surface area (Å²) in [4.78, 5) is 19.2. The number of aromatic nitrogens is 1. The zero-order chi connectivity index (χ0) is 13.6. The number of carbonyl (C=O) groups excluding carboxylic acids is 1. The first-order chi connectivity index (χ1) is 9.06. The zero-order valence-corrected chi connectivity index (χ0v) is 11.6. The number of nitrogens with two attached hydrogens (primary N) is 1. The molecule has 0 aliphatic carbocycles. The lowest BCUT2D eigenvalue weighted by Gasteiger charge is -2.35. The number of anilines is 1. The van der Waals surface area contributed by atoms with Crippen LogP contribution in [0, 0.1) is 12.8 Å². The lowest BCUT2D eigenvalue weighted by molar-refractivity contribution is 0.0767. The maximum Gasteiger partial charge on any atom is 0.169 e. The van der Waals surface area contributed by atoms with Crippen LogP contribution in [0.1, 0.15) is 41.6 Å². The minimum absolute atomic E-state index is 0.125. The first kappa shape index (κ1) is 12.6. The molecule has 2 aliphatic rings. The topological polar surface area (TPSA) is 59.2 Å². The van der Waals surface area contributed by atoms with Gasteiger partial charge in [0.15, 0.2) is 5.78 Å². The molecule has 2 bridgehead atoms. The van der Waals surface area contributed by atoms with E-state index in [0.29, 0.717) is 23.5 Å². The second-order valence-electron chi connectivity index (χ2n) is 6.03. The van der Waals surface area contributed by atoms with Crippen LogP contribution in [-0.4, -0.2) is 34.8 Å². The summed E-state index contributed by atoms with van der Waals surface area (Å²) in [6.07, 6.45) is 6.11. The summed E-state index contributed by atoms with van der Waals surface area (Å²) in [5.74, 6) is 0.695. The van der Waals surface area contributed by atoms with Crippen molar-refractivity contribution in [3.05, 3.63) is 23.4 Å². The maximum atomic E-state index is 12.7. The average Bonchev–Trinajstić information content (AvgIpc) is 2.64. The first-order valence-corrected chi connectivity index (χ1v) is 7.04. The Morgan fingerprint density at radius 3 is 2.63 bits per heavy atom. The van der Waals surface area contributed by atoms with Crippen molar-refractivity contribution in [2.45, 2.75) is 44.7 Å². The van der Waals surface area contributed by atoms with Crippen LogP contribution < -0.4 is 5.73 Å². The highest BCUT2D eigenvalue weighted by Gasteiger charge is 2.41. The van der Waals surface area contributed by atoms with E-state index in [1.165, 1.54) is 12.8 Å². The second-order valence-corrected chi connectivity index (χ2v) is 6.03. The molecule has 19 heavy (non-hydrogen) atoms. The fraction of sp³-hybridized carbons (Fsp3) is 0.600. The van der Waals surface area contributed by atoms with Crippen LogP contribution in [0.5, 0.6) is 0 Å². The molecule has 0 amide bonds. The summed E-state index contributed by atoms with van der Waals surface area (Å²) in [6.45, 7) is 1.95. The highest BCUT2D eigenvalue weighted by Crippen LogP contribution is 2.39. The van der Waals surface area contributed by atoms with E-state index in [2.05, 4.69) is 16.9 Å². The summed E-state index contributed by atoms with van der Waals surface area (Å²) in [6, 6.07) is 3.03. The standard InChI is InChI=1S/C15H21N3O/c1-9-5-13(15(16)17-8-9)14(19)10-6-11-3-4-12(7-10)18(11)2/h5,8,10-12H,3-4,6-7H2,1-2H3,(H2,16,17). The van der Waals surface area contributed by atoms with Crippen LogP contribution in [0.25, 0.3) is 0 Å². The molecule has 1 aromatic rings. The summed E-state index contributed by atoms with van der Waals surface area (Å²) in [7, 11) is 2.19. The summed E-state index contributed by atoms with van der Waals surface area (Å²) >= 11 is 0. The SMILES string of the molecule is Cc1cnc(N)c(C(=O)C2CC3CCC(C2)N3C)c1. The number of fused-ring (bicyclic) bond motifs is 2. The number of pyridine rings is 1. The summed E-state index contributed by atoms with van der Waals surface area (Å²) < 4.78 is 0. The summed E-state index contributed by atoms with van der Waals surface area (Å²) in [5.41, 5.74) is 7.48. The molecule has 0 radical (unpaired) electrons. The monoisotopic (exact) mass is 259 g/mol. The van der Waals surface area contributed by atoms with Crippen molar-refractivity contribution in [1.82, 2.24) is 9.88 Å².